The molecule has 45 heavy (non-hydrogen) atoms. The summed E-state index contributed by atoms with van der Waals surface area (Å²) in [6.07, 6.45) is 0. The maximum absolute atomic E-state index is 5.80. The maximum Gasteiger partial charge on any atom is 0.179 e. The number of nitrogens with one attached hydrogen (secondary N) is 1. The monoisotopic (exact) mass is 595 g/mol. The fraction of sp³-hybridized carbons (Fsp3) is 0.216. The first kappa shape index (κ1) is 28.4. The third kappa shape index (κ3) is 5.12. The lowest BCUT2D eigenvalue weighted by molar-refractivity contribution is 0.340. The number of aromatic nitrogens is 2. The molecule has 226 valence electrons. The van der Waals surface area contributed by atoms with E-state index in [2.05, 4.69) is 103 Å². The molecule has 8 heteroatoms. The number of amidine groups is 2. The van der Waals surface area contributed by atoms with Crippen LogP contribution in [0.1, 0.15) is 43.6 Å². The zero-order valence-electron chi connectivity index (χ0n) is 26.1. The summed E-state index contributed by atoms with van der Waals surface area (Å²) in [5.41, 5.74) is 8.08. The minimum Gasteiger partial charge on any atom is -0.494 e. The summed E-state index contributed by atoms with van der Waals surface area (Å²) in [7, 11) is 0. The molecule has 0 spiro atoms. The summed E-state index contributed by atoms with van der Waals surface area (Å²) in [6.45, 7) is 11.0. The van der Waals surface area contributed by atoms with Crippen molar-refractivity contribution in [3.05, 3.63) is 120 Å². The summed E-state index contributed by atoms with van der Waals surface area (Å²) in [4.78, 5) is 15.1. The van der Waals surface area contributed by atoms with Crippen LogP contribution in [-0.4, -0.2) is 41.1 Å². The molecule has 0 radical (unpaired) electrons. The van der Waals surface area contributed by atoms with Crippen molar-refractivity contribution in [1.29, 1.82) is 0 Å². The van der Waals surface area contributed by atoms with Crippen LogP contribution in [0.3, 0.4) is 0 Å². The van der Waals surface area contributed by atoms with Crippen molar-refractivity contribution >= 4 is 40.2 Å². The van der Waals surface area contributed by atoms with Gasteiger partial charge in [-0.05, 0) is 93.9 Å². The summed E-state index contributed by atoms with van der Waals surface area (Å²) < 4.78 is 7.75. The summed E-state index contributed by atoms with van der Waals surface area (Å²) in [6, 6.07) is 35.2. The third-order valence-electron chi connectivity index (χ3n) is 8.40. The predicted molar refractivity (Wildman–Crippen MR) is 184 cm³/mol. The zero-order chi connectivity index (χ0) is 30.9. The Kier molecular flexibility index (Phi) is 7.55. The Balaban J connectivity index is 1.40. The molecule has 5 aromatic rings. The van der Waals surface area contributed by atoms with E-state index in [1.165, 1.54) is 5.69 Å². The highest BCUT2D eigenvalue weighted by atomic mass is 16.5. The molecule has 3 heterocycles. The average Bonchev–Trinajstić information content (AvgIpc) is 3.42. The lowest BCUT2D eigenvalue weighted by Crippen LogP contribution is -2.46. The fourth-order valence-electron chi connectivity index (χ4n) is 6.26. The van der Waals surface area contributed by atoms with Crippen LogP contribution in [0.5, 0.6) is 5.75 Å². The Morgan fingerprint density at radius 2 is 1.51 bits per heavy atom. The second-order valence-electron chi connectivity index (χ2n) is 11.1. The molecule has 0 fully saturated rings. The largest absolute Gasteiger partial charge is 0.494 e. The second kappa shape index (κ2) is 12.0. The highest BCUT2D eigenvalue weighted by molar-refractivity contribution is 6.51. The molecule has 0 saturated carbocycles. The molecule has 0 amide bonds. The molecule has 1 unspecified atom stereocenters. The van der Waals surface area contributed by atoms with Crippen molar-refractivity contribution < 1.29 is 4.74 Å². The molecule has 1 atom stereocenters. The van der Waals surface area contributed by atoms with Crippen LogP contribution in [0.4, 0.5) is 28.6 Å². The Bertz CT molecular complexity index is 1870. The van der Waals surface area contributed by atoms with Crippen molar-refractivity contribution in [3.63, 3.8) is 0 Å². The van der Waals surface area contributed by atoms with Gasteiger partial charge in [-0.25, -0.2) is 14.7 Å². The minimum absolute atomic E-state index is 0.195. The minimum atomic E-state index is -0.195. The van der Waals surface area contributed by atoms with Gasteiger partial charge in [0, 0.05) is 30.0 Å². The first-order valence-electron chi connectivity index (χ1n) is 15.6. The van der Waals surface area contributed by atoms with Gasteiger partial charge in [-0.2, -0.15) is 5.10 Å². The van der Waals surface area contributed by atoms with E-state index in [9.17, 15) is 0 Å². The van der Waals surface area contributed by atoms with E-state index >= 15 is 0 Å². The highest BCUT2D eigenvalue weighted by Crippen LogP contribution is 2.48. The van der Waals surface area contributed by atoms with Gasteiger partial charge in [0.2, 0.25) is 0 Å². The number of aryl methyl sites for hydroxylation is 1. The van der Waals surface area contributed by atoms with Crippen molar-refractivity contribution in [1.82, 2.24) is 9.78 Å². The van der Waals surface area contributed by atoms with Crippen LogP contribution < -0.4 is 19.9 Å². The molecule has 2 aliphatic heterocycles. The Labute approximate surface area is 264 Å². The molecule has 2 aliphatic rings. The van der Waals surface area contributed by atoms with E-state index in [1.807, 2.05) is 48.0 Å². The van der Waals surface area contributed by atoms with Gasteiger partial charge in [0.05, 0.1) is 35.4 Å². The number of benzene rings is 4. The van der Waals surface area contributed by atoms with Crippen LogP contribution >= 0.6 is 0 Å². The van der Waals surface area contributed by atoms with Gasteiger partial charge in [-0.3, -0.25) is 0 Å². The lowest BCUT2D eigenvalue weighted by atomic mass is 9.93. The van der Waals surface area contributed by atoms with Crippen molar-refractivity contribution in [3.8, 4) is 11.4 Å². The van der Waals surface area contributed by atoms with E-state index < -0.39 is 0 Å². The van der Waals surface area contributed by atoms with Crippen molar-refractivity contribution in [2.45, 2.75) is 33.7 Å². The number of ether oxygens (including phenoxy) is 1. The number of nitrogens with zero attached hydrogens (tertiary/aromatic N) is 6. The SMILES string of the molecule is CCOc1ccc(C2c3c(C)nn(-c4ccccc4)c3N=C3C(Nc4ccc(N(CC)CC)cc4)=Nc4ccccc4N32)cc1. The number of rotatable bonds is 8. The van der Waals surface area contributed by atoms with Crippen molar-refractivity contribution in [2.24, 2.45) is 9.98 Å². The lowest BCUT2D eigenvalue weighted by Gasteiger charge is -2.40. The van der Waals surface area contributed by atoms with Crippen LogP contribution in [0.25, 0.3) is 5.69 Å². The van der Waals surface area contributed by atoms with E-state index in [-0.39, 0.29) is 6.04 Å². The van der Waals surface area contributed by atoms with E-state index in [0.29, 0.717) is 12.4 Å². The summed E-state index contributed by atoms with van der Waals surface area (Å²) >= 11 is 0. The number of aliphatic imine (C=N–C) groups is 2. The molecule has 7 rings (SSSR count). The Hall–Kier alpha value is -5.37. The molecule has 0 bridgehead atoms. The number of hydrogen-bond acceptors (Lipinski definition) is 7. The first-order valence-corrected chi connectivity index (χ1v) is 15.6. The van der Waals surface area contributed by atoms with Gasteiger partial charge in [0.1, 0.15) is 5.75 Å². The Morgan fingerprint density at radius 3 is 2.22 bits per heavy atom. The molecule has 4 aromatic carbocycles. The fourth-order valence-corrected chi connectivity index (χ4v) is 6.26. The molecular formula is C37H37N7O. The summed E-state index contributed by atoms with van der Waals surface area (Å²) in [5.74, 6) is 3.07. The van der Waals surface area contributed by atoms with Crippen LogP contribution in [0.15, 0.2) is 113 Å². The number of anilines is 3. The molecule has 0 saturated heterocycles. The third-order valence-corrected chi connectivity index (χ3v) is 8.40. The highest BCUT2D eigenvalue weighted by Gasteiger charge is 2.41. The molecule has 8 nitrogen and oxygen atoms in total. The molecule has 0 aliphatic carbocycles. The molecule has 1 N–H and O–H groups in total. The van der Waals surface area contributed by atoms with E-state index in [0.717, 1.165) is 70.1 Å². The van der Waals surface area contributed by atoms with Gasteiger partial charge < -0.3 is 19.9 Å². The second-order valence-corrected chi connectivity index (χ2v) is 11.1. The molecular weight excluding hydrogens is 558 g/mol. The van der Waals surface area contributed by atoms with Crippen LogP contribution in [0.2, 0.25) is 0 Å². The van der Waals surface area contributed by atoms with E-state index in [4.69, 9.17) is 19.8 Å². The Morgan fingerprint density at radius 1 is 0.800 bits per heavy atom. The van der Waals surface area contributed by atoms with Crippen LogP contribution in [-0.2, 0) is 0 Å². The maximum atomic E-state index is 5.80. The van der Waals surface area contributed by atoms with Gasteiger partial charge in [0.15, 0.2) is 17.5 Å². The van der Waals surface area contributed by atoms with Gasteiger partial charge in [-0.1, -0.05) is 42.5 Å². The number of para-hydroxylation sites is 3. The first-order chi connectivity index (χ1) is 22.1. The number of hydrogen-bond donors (Lipinski definition) is 1. The van der Waals surface area contributed by atoms with Crippen LogP contribution in [0, 0.1) is 6.92 Å². The number of fused-ring (bicyclic) bond motifs is 4. The quantitative estimate of drug-likeness (QED) is 0.196. The summed E-state index contributed by atoms with van der Waals surface area (Å²) in [5, 5.41) is 8.67. The van der Waals surface area contributed by atoms with Gasteiger partial charge in [-0.15, -0.1) is 0 Å². The standard InChI is InChI=1S/C37H37N7O/c1-5-42(6-2)28-21-19-27(20-22-28)38-35-37-40-36-33(25(4)41-44(36)29-13-9-8-10-14-29)34(26-17-23-30(24-18-26)45-7-3)43(37)32-16-12-11-15-31(32)39-35/h8-24,34H,5-7H2,1-4H3,(H,38,39). The normalized spacial score (nSPS) is 14.9. The zero-order valence-corrected chi connectivity index (χ0v) is 26.1. The topological polar surface area (TPSA) is 70.3 Å². The smallest absolute Gasteiger partial charge is 0.179 e. The van der Waals surface area contributed by atoms with E-state index in [1.54, 1.807) is 0 Å². The van der Waals surface area contributed by atoms with Gasteiger partial charge >= 0.3 is 0 Å². The van der Waals surface area contributed by atoms with Gasteiger partial charge in [0.25, 0.3) is 0 Å². The molecule has 1 aromatic heterocycles. The van der Waals surface area contributed by atoms with Crippen molar-refractivity contribution in [2.75, 3.05) is 34.8 Å². The predicted octanol–water partition coefficient (Wildman–Crippen LogP) is 8.22. The average molecular weight is 596 g/mol.